The smallest absolute Gasteiger partial charge is 0.255 e. The van der Waals surface area contributed by atoms with Crippen molar-refractivity contribution in [2.45, 2.75) is 25.4 Å². The summed E-state index contributed by atoms with van der Waals surface area (Å²) in [4.78, 5) is 26.8. The van der Waals surface area contributed by atoms with Crippen molar-refractivity contribution in [3.05, 3.63) is 90.0 Å². The predicted molar refractivity (Wildman–Crippen MR) is 123 cm³/mol. The van der Waals surface area contributed by atoms with Crippen molar-refractivity contribution in [3.63, 3.8) is 0 Å². The van der Waals surface area contributed by atoms with E-state index >= 15 is 0 Å². The first-order valence-corrected chi connectivity index (χ1v) is 10.8. The van der Waals surface area contributed by atoms with Gasteiger partial charge in [-0.05, 0) is 66.9 Å². The van der Waals surface area contributed by atoms with Crippen molar-refractivity contribution in [1.82, 2.24) is 4.90 Å². The van der Waals surface area contributed by atoms with E-state index in [4.69, 9.17) is 4.74 Å². The van der Waals surface area contributed by atoms with Crippen LogP contribution in [0.1, 0.15) is 28.8 Å². The summed E-state index contributed by atoms with van der Waals surface area (Å²) >= 11 is 0. The first kappa shape index (κ1) is 21.6. The number of hydrogen-bond acceptors (Lipinski definition) is 4. The zero-order valence-electron chi connectivity index (χ0n) is 17.7. The predicted octanol–water partition coefficient (Wildman–Crippen LogP) is 4.26. The number of ether oxygens (including phenoxy) is 1. The highest BCUT2D eigenvalue weighted by atomic mass is 16.5. The topological polar surface area (TPSA) is 78.9 Å². The van der Waals surface area contributed by atoms with Gasteiger partial charge >= 0.3 is 0 Å². The van der Waals surface area contributed by atoms with Gasteiger partial charge in [0.25, 0.3) is 5.91 Å². The monoisotopic (exact) mass is 430 g/mol. The molecule has 1 heterocycles. The molecule has 0 bridgehead atoms. The first-order chi connectivity index (χ1) is 15.6. The molecule has 0 radical (unpaired) electrons. The highest BCUT2D eigenvalue weighted by Crippen LogP contribution is 2.22. The summed E-state index contributed by atoms with van der Waals surface area (Å²) in [6, 6.07) is 23.7. The van der Waals surface area contributed by atoms with E-state index in [0.717, 1.165) is 11.3 Å². The van der Waals surface area contributed by atoms with Gasteiger partial charge in [0.15, 0.2) is 0 Å². The van der Waals surface area contributed by atoms with E-state index in [1.165, 1.54) is 0 Å². The molecule has 0 unspecified atom stereocenters. The molecule has 0 saturated carbocycles. The highest BCUT2D eigenvalue weighted by molar-refractivity contribution is 6.04. The molecule has 2 amide bonds. The van der Waals surface area contributed by atoms with Gasteiger partial charge in [0.2, 0.25) is 5.91 Å². The first-order valence-electron chi connectivity index (χ1n) is 10.8. The number of likely N-dealkylation sites (tertiary alicyclic amines) is 1. The summed E-state index contributed by atoms with van der Waals surface area (Å²) < 4.78 is 5.75. The average Bonchev–Trinajstić information content (AvgIpc) is 2.82. The van der Waals surface area contributed by atoms with E-state index < -0.39 is 0 Å². The number of carbonyl (C=O) groups is 2. The second kappa shape index (κ2) is 10.1. The summed E-state index contributed by atoms with van der Waals surface area (Å²) in [5.74, 6) is 1.24. The van der Waals surface area contributed by atoms with Crippen molar-refractivity contribution in [2.75, 3.05) is 18.4 Å². The lowest BCUT2D eigenvalue weighted by molar-refractivity contribution is -0.132. The van der Waals surface area contributed by atoms with Crippen molar-refractivity contribution in [3.8, 4) is 11.5 Å². The molecule has 4 rings (SSSR count). The maximum Gasteiger partial charge on any atom is 0.255 e. The van der Waals surface area contributed by atoms with Crippen molar-refractivity contribution in [1.29, 1.82) is 0 Å². The average molecular weight is 431 g/mol. The number of benzene rings is 3. The van der Waals surface area contributed by atoms with Crippen LogP contribution >= 0.6 is 0 Å². The molecule has 1 aliphatic heterocycles. The standard InChI is InChI=1S/C26H26N2O4/c29-22-14-16-28(17-15-22)25(30)18-19-6-10-21(11-7-19)27-26(31)20-8-12-24(13-9-20)32-23-4-2-1-3-5-23/h1-13,22,29H,14-18H2,(H,27,31). The molecule has 1 fully saturated rings. The normalized spacial score (nSPS) is 14.1. The third-order valence-electron chi connectivity index (χ3n) is 5.48. The Kier molecular flexibility index (Phi) is 6.82. The Morgan fingerprint density at radius 3 is 2.16 bits per heavy atom. The van der Waals surface area contributed by atoms with Gasteiger partial charge in [0, 0.05) is 24.3 Å². The largest absolute Gasteiger partial charge is 0.457 e. The molecule has 3 aromatic rings. The summed E-state index contributed by atoms with van der Waals surface area (Å²) in [6.45, 7) is 1.20. The van der Waals surface area contributed by atoms with Gasteiger partial charge in [-0.2, -0.15) is 0 Å². The van der Waals surface area contributed by atoms with Crippen LogP contribution in [0.15, 0.2) is 78.9 Å². The van der Waals surface area contributed by atoms with Gasteiger partial charge in [-0.15, -0.1) is 0 Å². The minimum absolute atomic E-state index is 0.0616. The minimum Gasteiger partial charge on any atom is -0.457 e. The number of anilines is 1. The number of aliphatic hydroxyl groups excluding tert-OH is 1. The Balaban J connectivity index is 1.30. The van der Waals surface area contributed by atoms with Crippen LogP contribution in [0, 0.1) is 0 Å². The van der Waals surface area contributed by atoms with E-state index in [2.05, 4.69) is 5.32 Å². The summed E-state index contributed by atoms with van der Waals surface area (Å²) in [5, 5.41) is 12.5. The van der Waals surface area contributed by atoms with E-state index in [1.54, 1.807) is 41.3 Å². The number of piperidine rings is 1. The Morgan fingerprint density at radius 2 is 1.50 bits per heavy atom. The SMILES string of the molecule is O=C(Nc1ccc(CC(=O)N2CCC(O)CC2)cc1)c1ccc(Oc2ccccc2)cc1. The number of nitrogens with one attached hydrogen (secondary N) is 1. The van der Waals surface area contributed by atoms with Gasteiger partial charge in [-0.3, -0.25) is 9.59 Å². The van der Waals surface area contributed by atoms with Crippen LogP contribution in [-0.2, 0) is 11.2 Å². The molecular weight excluding hydrogens is 404 g/mol. The lowest BCUT2D eigenvalue weighted by Crippen LogP contribution is -2.40. The molecule has 0 spiro atoms. The van der Waals surface area contributed by atoms with Crippen LogP contribution in [0.3, 0.4) is 0 Å². The maximum atomic E-state index is 12.5. The number of amides is 2. The lowest BCUT2D eigenvalue weighted by atomic mass is 10.1. The number of nitrogens with zero attached hydrogens (tertiary/aromatic N) is 1. The fraction of sp³-hybridized carbons (Fsp3) is 0.231. The molecule has 3 aromatic carbocycles. The summed E-state index contributed by atoms with van der Waals surface area (Å²) in [7, 11) is 0. The zero-order chi connectivity index (χ0) is 22.3. The molecule has 2 N–H and O–H groups in total. The van der Waals surface area contributed by atoms with E-state index in [1.807, 2.05) is 42.5 Å². The zero-order valence-corrected chi connectivity index (χ0v) is 17.7. The van der Waals surface area contributed by atoms with Gasteiger partial charge in [0.1, 0.15) is 11.5 Å². The Morgan fingerprint density at radius 1 is 0.875 bits per heavy atom. The molecule has 0 aliphatic carbocycles. The summed E-state index contributed by atoms with van der Waals surface area (Å²) in [6.07, 6.45) is 1.29. The minimum atomic E-state index is -0.297. The van der Waals surface area contributed by atoms with Crippen LogP contribution in [0.2, 0.25) is 0 Å². The van der Waals surface area contributed by atoms with Gasteiger partial charge in [0.05, 0.1) is 12.5 Å². The number of carbonyl (C=O) groups excluding carboxylic acids is 2. The lowest BCUT2D eigenvalue weighted by Gasteiger charge is -2.29. The van der Waals surface area contributed by atoms with E-state index in [0.29, 0.717) is 49.4 Å². The van der Waals surface area contributed by atoms with E-state index in [9.17, 15) is 14.7 Å². The Hall–Kier alpha value is -3.64. The molecule has 1 saturated heterocycles. The fourth-order valence-electron chi connectivity index (χ4n) is 3.61. The van der Waals surface area contributed by atoms with Gasteiger partial charge < -0.3 is 20.1 Å². The third kappa shape index (κ3) is 5.74. The Bertz CT molecular complexity index is 1040. The number of para-hydroxylation sites is 1. The van der Waals surface area contributed by atoms with Crippen LogP contribution in [-0.4, -0.2) is 41.0 Å². The summed E-state index contributed by atoms with van der Waals surface area (Å²) in [5.41, 5.74) is 2.08. The van der Waals surface area contributed by atoms with Gasteiger partial charge in [-0.25, -0.2) is 0 Å². The molecule has 6 nitrogen and oxygen atoms in total. The Labute approximate surface area is 187 Å². The molecule has 1 aliphatic rings. The van der Waals surface area contributed by atoms with Crippen LogP contribution in [0.4, 0.5) is 5.69 Å². The van der Waals surface area contributed by atoms with Crippen molar-refractivity contribution in [2.24, 2.45) is 0 Å². The van der Waals surface area contributed by atoms with Crippen molar-refractivity contribution < 1.29 is 19.4 Å². The van der Waals surface area contributed by atoms with Crippen LogP contribution < -0.4 is 10.1 Å². The quantitative estimate of drug-likeness (QED) is 0.613. The molecule has 164 valence electrons. The van der Waals surface area contributed by atoms with Crippen molar-refractivity contribution >= 4 is 17.5 Å². The number of aliphatic hydroxyl groups is 1. The fourth-order valence-corrected chi connectivity index (χ4v) is 3.61. The second-order valence-electron chi connectivity index (χ2n) is 7.88. The number of hydrogen-bond donors (Lipinski definition) is 2. The second-order valence-corrected chi connectivity index (χ2v) is 7.88. The molecule has 6 heteroatoms. The maximum absolute atomic E-state index is 12.5. The molecular formula is C26H26N2O4. The van der Waals surface area contributed by atoms with Gasteiger partial charge in [-0.1, -0.05) is 30.3 Å². The molecule has 0 atom stereocenters. The molecule has 0 aromatic heterocycles. The third-order valence-corrected chi connectivity index (χ3v) is 5.48. The highest BCUT2D eigenvalue weighted by Gasteiger charge is 2.21. The van der Waals surface area contributed by atoms with E-state index in [-0.39, 0.29) is 17.9 Å². The van der Waals surface area contributed by atoms with Crippen LogP contribution in [0.25, 0.3) is 0 Å². The molecule has 32 heavy (non-hydrogen) atoms. The van der Waals surface area contributed by atoms with Crippen LogP contribution in [0.5, 0.6) is 11.5 Å². The number of rotatable bonds is 6.